The number of fused-ring (bicyclic) bond motifs is 1. The van der Waals surface area contributed by atoms with Crippen molar-refractivity contribution >= 4 is 11.6 Å². The van der Waals surface area contributed by atoms with Crippen molar-refractivity contribution in [3.8, 4) is 11.5 Å². The molecular formula is C19H21NO4. The Kier molecular flexibility index (Phi) is 4.71. The van der Waals surface area contributed by atoms with Crippen LogP contribution in [0.25, 0.3) is 0 Å². The Hall–Kier alpha value is -2.53. The molecule has 1 atom stereocenters. The first kappa shape index (κ1) is 16.3. The van der Waals surface area contributed by atoms with E-state index in [2.05, 4.69) is 5.32 Å². The maximum atomic E-state index is 12.1. The van der Waals surface area contributed by atoms with Gasteiger partial charge in [0.2, 0.25) is 0 Å². The van der Waals surface area contributed by atoms with E-state index in [0.717, 1.165) is 5.56 Å². The highest BCUT2D eigenvalue weighted by atomic mass is 16.5. The highest BCUT2D eigenvalue weighted by Crippen LogP contribution is 2.41. The molecule has 5 heteroatoms. The zero-order valence-corrected chi connectivity index (χ0v) is 13.8. The fourth-order valence-corrected chi connectivity index (χ4v) is 2.63. The Bertz CT molecular complexity index is 728. The van der Waals surface area contributed by atoms with Crippen molar-refractivity contribution in [1.82, 2.24) is 0 Å². The second kappa shape index (κ2) is 6.93. The second-order valence-corrected chi connectivity index (χ2v) is 6.17. The number of ether oxygens (including phenoxy) is 2. The zero-order valence-electron chi connectivity index (χ0n) is 13.8. The lowest BCUT2D eigenvalue weighted by atomic mass is 10.0. The predicted octanol–water partition coefficient (Wildman–Crippen LogP) is 3.11. The number of aliphatic hydroxyl groups excluding tert-OH is 1. The van der Waals surface area contributed by atoms with Gasteiger partial charge >= 0.3 is 0 Å². The normalized spacial score (nSPS) is 16.3. The van der Waals surface area contributed by atoms with Crippen molar-refractivity contribution in [2.75, 3.05) is 5.32 Å². The monoisotopic (exact) mass is 327 g/mol. The molecule has 3 rings (SSSR count). The summed E-state index contributed by atoms with van der Waals surface area (Å²) in [5.41, 5.74) is 2.22. The van der Waals surface area contributed by atoms with E-state index in [1.54, 1.807) is 12.1 Å². The number of benzene rings is 2. The Labute approximate surface area is 141 Å². The van der Waals surface area contributed by atoms with Crippen molar-refractivity contribution in [2.45, 2.75) is 33.2 Å². The minimum Gasteiger partial charge on any atom is -0.485 e. The summed E-state index contributed by atoms with van der Waals surface area (Å²) in [4.78, 5) is 12.1. The molecule has 126 valence electrons. The second-order valence-electron chi connectivity index (χ2n) is 6.17. The number of amides is 1. The number of anilines is 1. The van der Waals surface area contributed by atoms with Gasteiger partial charge in [0.15, 0.2) is 17.6 Å². The van der Waals surface area contributed by atoms with Crippen molar-refractivity contribution in [3.05, 3.63) is 53.6 Å². The Morgan fingerprint density at radius 3 is 2.62 bits per heavy atom. The van der Waals surface area contributed by atoms with Gasteiger partial charge in [-0.2, -0.15) is 0 Å². The third-order valence-corrected chi connectivity index (χ3v) is 3.90. The molecule has 0 spiro atoms. The van der Waals surface area contributed by atoms with Gasteiger partial charge in [0, 0.05) is 0 Å². The largest absolute Gasteiger partial charge is 0.485 e. The molecule has 1 aliphatic rings. The van der Waals surface area contributed by atoms with Crippen LogP contribution in [0.1, 0.15) is 25.0 Å². The molecular weight excluding hydrogens is 306 g/mol. The van der Waals surface area contributed by atoms with E-state index in [-0.39, 0.29) is 18.4 Å². The molecule has 2 aromatic rings. The summed E-state index contributed by atoms with van der Waals surface area (Å²) >= 11 is 0. The topological polar surface area (TPSA) is 67.8 Å². The SMILES string of the molecule is CC(C)C1Oc2c(cc(CO)cc2OCc2ccccc2)NC1=O. The average molecular weight is 327 g/mol. The Balaban J connectivity index is 1.90. The number of rotatable bonds is 5. The fraction of sp³-hybridized carbons (Fsp3) is 0.316. The van der Waals surface area contributed by atoms with Crippen molar-refractivity contribution < 1.29 is 19.4 Å². The lowest BCUT2D eigenvalue weighted by Crippen LogP contribution is -2.40. The van der Waals surface area contributed by atoms with E-state index >= 15 is 0 Å². The van der Waals surface area contributed by atoms with E-state index in [1.807, 2.05) is 44.2 Å². The van der Waals surface area contributed by atoms with Gasteiger partial charge in [0.25, 0.3) is 5.91 Å². The molecule has 0 fully saturated rings. The molecule has 2 N–H and O–H groups in total. The minimum absolute atomic E-state index is 0.0395. The van der Waals surface area contributed by atoms with Crippen LogP contribution in [0.2, 0.25) is 0 Å². The summed E-state index contributed by atoms with van der Waals surface area (Å²) in [6.45, 7) is 4.11. The lowest BCUT2D eigenvalue weighted by Gasteiger charge is -2.30. The van der Waals surface area contributed by atoms with Crippen LogP contribution in [0.3, 0.4) is 0 Å². The summed E-state index contributed by atoms with van der Waals surface area (Å²) in [6.07, 6.45) is -0.559. The number of hydrogen-bond donors (Lipinski definition) is 2. The predicted molar refractivity (Wildman–Crippen MR) is 91.0 cm³/mol. The lowest BCUT2D eigenvalue weighted by molar-refractivity contribution is -0.125. The van der Waals surface area contributed by atoms with Crippen LogP contribution in [0.4, 0.5) is 5.69 Å². The summed E-state index contributed by atoms with van der Waals surface area (Å²) in [5.74, 6) is 0.895. The molecule has 1 aliphatic heterocycles. The molecule has 0 radical (unpaired) electrons. The first-order chi connectivity index (χ1) is 11.6. The molecule has 0 saturated carbocycles. The summed E-state index contributed by atoms with van der Waals surface area (Å²) in [7, 11) is 0. The van der Waals surface area contributed by atoms with Gasteiger partial charge in [-0.25, -0.2) is 0 Å². The van der Waals surface area contributed by atoms with E-state index < -0.39 is 6.10 Å². The molecule has 0 aromatic heterocycles. The maximum Gasteiger partial charge on any atom is 0.265 e. The summed E-state index contributed by atoms with van der Waals surface area (Å²) < 4.78 is 11.8. The Morgan fingerprint density at radius 2 is 1.96 bits per heavy atom. The van der Waals surface area contributed by atoms with Gasteiger partial charge in [-0.15, -0.1) is 0 Å². The van der Waals surface area contributed by atoms with Crippen molar-refractivity contribution in [1.29, 1.82) is 0 Å². The third kappa shape index (κ3) is 3.36. The van der Waals surface area contributed by atoms with Crippen LogP contribution in [0.15, 0.2) is 42.5 Å². The number of aliphatic hydroxyl groups is 1. The van der Waals surface area contributed by atoms with Crippen LogP contribution in [0.5, 0.6) is 11.5 Å². The van der Waals surface area contributed by atoms with Crippen molar-refractivity contribution in [3.63, 3.8) is 0 Å². The van der Waals surface area contributed by atoms with Gasteiger partial charge in [-0.3, -0.25) is 4.79 Å². The first-order valence-electron chi connectivity index (χ1n) is 8.00. The molecule has 0 saturated heterocycles. The van der Waals surface area contributed by atoms with Crippen molar-refractivity contribution in [2.24, 2.45) is 5.92 Å². The molecule has 0 bridgehead atoms. The van der Waals surface area contributed by atoms with Gasteiger partial charge in [-0.05, 0) is 29.2 Å². The number of carbonyl (C=O) groups is 1. The van der Waals surface area contributed by atoms with Crippen LogP contribution in [-0.4, -0.2) is 17.1 Å². The molecule has 2 aromatic carbocycles. The van der Waals surface area contributed by atoms with E-state index in [1.165, 1.54) is 0 Å². The average Bonchev–Trinajstić information content (AvgIpc) is 2.59. The molecule has 24 heavy (non-hydrogen) atoms. The Morgan fingerprint density at radius 1 is 1.21 bits per heavy atom. The smallest absolute Gasteiger partial charge is 0.265 e. The molecule has 0 aliphatic carbocycles. The van der Waals surface area contributed by atoms with Gasteiger partial charge in [0.05, 0.1) is 12.3 Å². The van der Waals surface area contributed by atoms with Crippen LogP contribution in [-0.2, 0) is 18.0 Å². The van der Waals surface area contributed by atoms with E-state index in [9.17, 15) is 9.90 Å². The number of nitrogens with one attached hydrogen (secondary N) is 1. The molecule has 1 unspecified atom stereocenters. The zero-order chi connectivity index (χ0) is 17.1. The van der Waals surface area contributed by atoms with Crippen LogP contribution < -0.4 is 14.8 Å². The molecule has 1 amide bonds. The maximum absolute atomic E-state index is 12.1. The molecule has 5 nitrogen and oxygen atoms in total. The number of carbonyl (C=O) groups excluding carboxylic acids is 1. The summed E-state index contributed by atoms with van der Waals surface area (Å²) in [5, 5.41) is 12.3. The van der Waals surface area contributed by atoms with E-state index in [4.69, 9.17) is 9.47 Å². The van der Waals surface area contributed by atoms with Gasteiger partial charge in [0.1, 0.15) is 6.61 Å². The van der Waals surface area contributed by atoms with Gasteiger partial charge in [-0.1, -0.05) is 44.2 Å². The fourth-order valence-electron chi connectivity index (χ4n) is 2.63. The van der Waals surface area contributed by atoms with E-state index in [0.29, 0.717) is 29.4 Å². The van der Waals surface area contributed by atoms with Crippen LogP contribution in [0, 0.1) is 5.92 Å². The number of hydrogen-bond acceptors (Lipinski definition) is 4. The quantitative estimate of drug-likeness (QED) is 0.885. The minimum atomic E-state index is -0.559. The highest BCUT2D eigenvalue weighted by molar-refractivity contribution is 5.98. The standard InChI is InChI=1S/C19H21NO4/c1-12(2)17-19(22)20-15-8-14(10-21)9-16(18(15)24-17)23-11-13-6-4-3-5-7-13/h3-9,12,17,21H,10-11H2,1-2H3,(H,20,22). The highest BCUT2D eigenvalue weighted by Gasteiger charge is 2.32. The third-order valence-electron chi connectivity index (χ3n) is 3.90. The van der Waals surface area contributed by atoms with Crippen LogP contribution >= 0.6 is 0 Å². The van der Waals surface area contributed by atoms with Gasteiger partial charge < -0.3 is 19.9 Å². The summed E-state index contributed by atoms with van der Waals surface area (Å²) in [6, 6.07) is 13.2. The molecule has 1 heterocycles. The first-order valence-corrected chi connectivity index (χ1v) is 8.00.